The number of nitrogens with two attached hydrogens (primary N) is 1. The Kier molecular flexibility index (Phi) is 8.12. The first-order chi connectivity index (χ1) is 11.2. The second kappa shape index (κ2) is 10.1. The van der Waals surface area contributed by atoms with Crippen LogP contribution >= 0.6 is 0 Å². The lowest BCUT2D eigenvalue weighted by atomic mass is 9.97. The highest BCUT2D eigenvalue weighted by Crippen LogP contribution is 2.17. The van der Waals surface area contributed by atoms with Crippen molar-refractivity contribution < 1.29 is 4.74 Å². The van der Waals surface area contributed by atoms with Gasteiger partial charge in [0.2, 0.25) is 0 Å². The van der Waals surface area contributed by atoms with Crippen LogP contribution in [0.3, 0.4) is 0 Å². The molecule has 2 saturated heterocycles. The molecule has 2 rings (SSSR count). The number of hydrogen-bond donors (Lipinski definition) is 2. The number of hydrogen-bond acceptors (Lipinski definition) is 4. The molecular formula is C17H35N5O. The van der Waals surface area contributed by atoms with Crippen molar-refractivity contribution in [1.29, 1.82) is 0 Å². The zero-order valence-electron chi connectivity index (χ0n) is 15.0. The van der Waals surface area contributed by atoms with Crippen LogP contribution in [0.15, 0.2) is 4.99 Å². The van der Waals surface area contributed by atoms with E-state index in [1.165, 1.54) is 32.2 Å². The largest absolute Gasteiger partial charge is 0.383 e. The van der Waals surface area contributed by atoms with E-state index in [4.69, 9.17) is 10.5 Å². The number of aliphatic imine (C=N–C) groups is 1. The third-order valence-corrected chi connectivity index (χ3v) is 5.26. The number of ether oxygens (including phenoxy) is 1. The highest BCUT2D eigenvalue weighted by atomic mass is 16.5. The van der Waals surface area contributed by atoms with Crippen molar-refractivity contribution in [2.24, 2.45) is 16.6 Å². The highest BCUT2D eigenvalue weighted by Gasteiger charge is 2.22. The smallest absolute Gasteiger partial charge is 0.188 e. The maximum Gasteiger partial charge on any atom is 0.188 e. The monoisotopic (exact) mass is 325 g/mol. The maximum absolute atomic E-state index is 6.04. The van der Waals surface area contributed by atoms with Gasteiger partial charge in [0.05, 0.1) is 6.61 Å². The van der Waals surface area contributed by atoms with Crippen LogP contribution in [0.4, 0.5) is 0 Å². The van der Waals surface area contributed by atoms with Crippen molar-refractivity contribution in [1.82, 2.24) is 15.1 Å². The van der Waals surface area contributed by atoms with E-state index < -0.39 is 0 Å². The van der Waals surface area contributed by atoms with Crippen molar-refractivity contribution >= 4 is 5.96 Å². The third-order valence-electron chi connectivity index (χ3n) is 5.26. The summed E-state index contributed by atoms with van der Waals surface area (Å²) >= 11 is 0. The molecule has 1 atom stereocenters. The van der Waals surface area contributed by atoms with Gasteiger partial charge in [0.15, 0.2) is 5.96 Å². The summed E-state index contributed by atoms with van der Waals surface area (Å²) in [7, 11) is 1.77. The summed E-state index contributed by atoms with van der Waals surface area (Å²) in [5.41, 5.74) is 6.04. The Morgan fingerprint density at radius 1 is 1.26 bits per heavy atom. The van der Waals surface area contributed by atoms with E-state index in [1.807, 2.05) is 0 Å². The van der Waals surface area contributed by atoms with Crippen molar-refractivity contribution in [3.8, 4) is 0 Å². The molecule has 0 aromatic rings. The number of piperidine rings is 1. The minimum atomic E-state index is 0.620. The molecule has 134 valence electrons. The SMILES string of the molecule is CCN1CCCC1CNC(N)=NCC1CCN(CCOC)CC1. The first kappa shape index (κ1) is 18.5. The quantitative estimate of drug-likeness (QED) is 0.509. The molecule has 6 heteroatoms. The first-order valence-corrected chi connectivity index (χ1v) is 9.22. The molecule has 2 aliphatic heterocycles. The molecule has 2 aliphatic rings. The van der Waals surface area contributed by atoms with E-state index in [0.717, 1.165) is 45.9 Å². The molecule has 0 aromatic carbocycles. The second-order valence-corrected chi connectivity index (χ2v) is 6.81. The Balaban J connectivity index is 1.61. The van der Waals surface area contributed by atoms with Crippen LogP contribution in [-0.4, -0.2) is 81.3 Å². The minimum Gasteiger partial charge on any atom is -0.383 e. The van der Waals surface area contributed by atoms with E-state index in [-0.39, 0.29) is 0 Å². The van der Waals surface area contributed by atoms with Crippen LogP contribution in [0.2, 0.25) is 0 Å². The number of methoxy groups -OCH3 is 1. The fraction of sp³-hybridized carbons (Fsp3) is 0.941. The molecule has 23 heavy (non-hydrogen) atoms. The number of nitrogens with zero attached hydrogens (tertiary/aromatic N) is 3. The highest BCUT2D eigenvalue weighted by molar-refractivity contribution is 5.77. The first-order valence-electron chi connectivity index (χ1n) is 9.22. The van der Waals surface area contributed by atoms with Gasteiger partial charge < -0.3 is 20.7 Å². The number of rotatable bonds is 8. The third kappa shape index (κ3) is 6.28. The predicted molar refractivity (Wildman–Crippen MR) is 95.8 cm³/mol. The molecule has 0 saturated carbocycles. The minimum absolute atomic E-state index is 0.620. The fourth-order valence-corrected chi connectivity index (χ4v) is 3.66. The molecular weight excluding hydrogens is 290 g/mol. The summed E-state index contributed by atoms with van der Waals surface area (Å²) in [6.07, 6.45) is 5.01. The van der Waals surface area contributed by atoms with Gasteiger partial charge in [-0.15, -0.1) is 0 Å². The van der Waals surface area contributed by atoms with E-state index in [9.17, 15) is 0 Å². The summed E-state index contributed by atoms with van der Waals surface area (Å²) in [5, 5.41) is 3.32. The van der Waals surface area contributed by atoms with Crippen molar-refractivity contribution in [3.63, 3.8) is 0 Å². The Morgan fingerprint density at radius 3 is 2.74 bits per heavy atom. The molecule has 6 nitrogen and oxygen atoms in total. The van der Waals surface area contributed by atoms with Gasteiger partial charge >= 0.3 is 0 Å². The van der Waals surface area contributed by atoms with Gasteiger partial charge in [-0.2, -0.15) is 0 Å². The Labute approximate surface area is 141 Å². The molecule has 0 bridgehead atoms. The van der Waals surface area contributed by atoms with Crippen LogP contribution < -0.4 is 11.1 Å². The lowest BCUT2D eigenvalue weighted by Gasteiger charge is -2.31. The van der Waals surface area contributed by atoms with Gasteiger partial charge in [0, 0.05) is 32.8 Å². The second-order valence-electron chi connectivity index (χ2n) is 6.81. The summed E-state index contributed by atoms with van der Waals surface area (Å²) in [5.74, 6) is 1.29. The van der Waals surface area contributed by atoms with Gasteiger partial charge in [-0.25, -0.2) is 0 Å². The summed E-state index contributed by atoms with van der Waals surface area (Å²) in [4.78, 5) is 9.57. The maximum atomic E-state index is 6.04. The van der Waals surface area contributed by atoms with Crippen LogP contribution in [-0.2, 0) is 4.74 Å². The van der Waals surface area contributed by atoms with Gasteiger partial charge in [-0.05, 0) is 57.8 Å². The lowest BCUT2D eigenvalue weighted by Crippen LogP contribution is -2.43. The topological polar surface area (TPSA) is 66.1 Å². The van der Waals surface area contributed by atoms with Gasteiger partial charge in [0.1, 0.15) is 0 Å². The Morgan fingerprint density at radius 2 is 2.04 bits per heavy atom. The normalized spacial score (nSPS) is 25.1. The van der Waals surface area contributed by atoms with Crippen LogP contribution in [0.1, 0.15) is 32.6 Å². The van der Waals surface area contributed by atoms with Crippen LogP contribution in [0.5, 0.6) is 0 Å². The number of nitrogens with one attached hydrogen (secondary N) is 1. The van der Waals surface area contributed by atoms with Crippen molar-refractivity contribution in [2.75, 3.05) is 59.5 Å². The predicted octanol–water partition coefficient (Wildman–Crippen LogP) is 0.733. The molecule has 2 heterocycles. The van der Waals surface area contributed by atoms with Gasteiger partial charge in [0.25, 0.3) is 0 Å². The number of likely N-dealkylation sites (N-methyl/N-ethyl adjacent to an activating group) is 1. The molecule has 0 spiro atoms. The molecule has 0 aromatic heterocycles. The fourth-order valence-electron chi connectivity index (χ4n) is 3.66. The molecule has 2 fully saturated rings. The zero-order chi connectivity index (χ0) is 16.5. The summed E-state index contributed by atoms with van der Waals surface area (Å²) < 4.78 is 5.14. The van der Waals surface area contributed by atoms with E-state index in [1.54, 1.807) is 7.11 Å². The van der Waals surface area contributed by atoms with Crippen molar-refractivity contribution in [3.05, 3.63) is 0 Å². The molecule has 0 amide bonds. The van der Waals surface area contributed by atoms with Gasteiger partial charge in [-0.1, -0.05) is 6.92 Å². The zero-order valence-corrected chi connectivity index (χ0v) is 15.0. The van der Waals surface area contributed by atoms with Gasteiger partial charge in [-0.3, -0.25) is 9.89 Å². The molecule has 0 radical (unpaired) electrons. The molecule has 1 unspecified atom stereocenters. The Hall–Kier alpha value is -0.850. The number of likely N-dealkylation sites (tertiary alicyclic amines) is 2. The average molecular weight is 326 g/mol. The standard InChI is InChI=1S/C17H35N5O/c1-3-22-8-4-5-16(22)14-20-17(18)19-13-15-6-9-21(10-7-15)11-12-23-2/h15-16H,3-14H2,1-2H3,(H3,18,19,20). The van der Waals surface area contributed by atoms with E-state index in [0.29, 0.717) is 17.9 Å². The van der Waals surface area contributed by atoms with Crippen LogP contribution in [0, 0.1) is 5.92 Å². The van der Waals surface area contributed by atoms with Crippen LogP contribution in [0.25, 0.3) is 0 Å². The average Bonchev–Trinajstić information content (AvgIpc) is 3.04. The molecule has 3 N–H and O–H groups in total. The van der Waals surface area contributed by atoms with E-state index >= 15 is 0 Å². The molecule has 0 aliphatic carbocycles. The summed E-state index contributed by atoms with van der Waals surface area (Å²) in [6.45, 7) is 10.6. The Bertz CT molecular complexity index is 355. The van der Waals surface area contributed by atoms with E-state index in [2.05, 4.69) is 27.0 Å². The number of guanidine groups is 1. The lowest BCUT2D eigenvalue weighted by molar-refractivity contribution is 0.121. The summed E-state index contributed by atoms with van der Waals surface area (Å²) in [6, 6.07) is 0.623. The van der Waals surface area contributed by atoms with Crippen molar-refractivity contribution in [2.45, 2.75) is 38.6 Å².